The Morgan fingerprint density at radius 2 is 2.06 bits per heavy atom. The van der Waals surface area contributed by atoms with Crippen LogP contribution in [0.2, 0.25) is 0 Å². The van der Waals surface area contributed by atoms with Gasteiger partial charge in [0, 0.05) is 7.05 Å². The highest BCUT2D eigenvalue weighted by Gasteiger charge is 2.16. The molecule has 0 saturated carbocycles. The molecule has 0 radical (unpaired) electrons. The van der Waals surface area contributed by atoms with Crippen molar-refractivity contribution in [1.29, 1.82) is 5.26 Å². The number of amides is 4. The van der Waals surface area contributed by atoms with Crippen LogP contribution in [-0.2, 0) is 14.5 Å². The van der Waals surface area contributed by atoms with Crippen molar-refractivity contribution in [3.05, 3.63) is 0 Å². The third-order valence-electron chi connectivity index (χ3n) is 1.30. The monoisotopic (exact) mass is 243 g/mol. The Bertz CT molecular complexity index is 398. The number of nitriles is 1. The van der Waals surface area contributed by atoms with Gasteiger partial charge in [-0.05, 0) is 0 Å². The average Bonchev–Trinajstić information content (AvgIpc) is 2.27. The molecule has 10 nitrogen and oxygen atoms in total. The van der Waals surface area contributed by atoms with Gasteiger partial charge in [0.2, 0.25) is 5.71 Å². The van der Waals surface area contributed by atoms with Crippen LogP contribution in [0.5, 0.6) is 0 Å². The van der Waals surface area contributed by atoms with E-state index in [1.807, 2.05) is 0 Å². The van der Waals surface area contributed by atoms with E-state index < -0.39 is 23.7 Å². The van der Waals surface area contributed by atoms with Crippen molar-refractivity contribution < 1.29 is 24.1 Å². The molecule has 0 bridgehead atoms. The molecule has 0 spiro atoms. The lowest BCUT2D eigenvalue weighted by Gasteiger charge is -2.09. The highest BCUT2D eigenvalue weighted by atomic mass is 16.8. The highest BCUT2D eigenvalue weighted by molar-refractivity contribution is 6.46. The average molecular weight is 243 g/mol. The third-order valence-corrected chi connectivity index (χ3v) is 1.30. The van der Waals surface area contributed by atoms with Crippen LogP contribution in [0, 0.1) is 11.3 Å². The van der Waals surface area contributed by atoms with Crippen molar-refractivity contribution in [3.8, 4) is 6.07 Å². The summed E-state index contributed by atoms with van der Waals surface area (Å²) in [6, 6.07) is 0.145. The van der Waals surface area contributed by atoms with E-state index in [-0.39, 0.29) is 0 Å². The molecule has 10 heteroatoms. The molecular formula is C7H9N5O5. The number of rotatable bonds is 3. The Hall–Kier alpha value is -2.67. The summed E-state index contributed by atoms with van der Waals surface area (Å²) < 4.78 is 0. The topological polar surface area (TPSA) is 147 Å². The van der Waals surface area contributed by atoms with E-state index in [9.17, 15) is 14.4 Å². The molecule has 4 amide bonds. The van der Waals surface area contributed by atoms with E-state index in [0.717, 1.165) is 0 Å². The molecule has 0 aliphatic rings. The van der Waals surface area contributed by atoms with E-state index in [1.54, 1.807) is 5.32 Å². The summed E-state index contributed by atoms with van der Waals surface area (Å²) >= 11 is 0. The van der Waals surface area contributed by atoms with Gasteiger partial charge < -0.3 is 5.73 Å². The lowest BCUT2D eigenvalue weighted by molar-refractivity contribution is -0.113. The van der Waals surface area contributed by atoms with E-state index in [1.165, 1.54) is 20.2 Å². The summed E-state index contributed by atoms with van der Waals surface area (Å²) in [5.41, 5.74) is 3.79. The summed E-state index contributed by atoms with van der Waals surface area (Å²) in [7, 11) is 2.41. The fourth-order valence-electron chi connectivity index (χ4n) is 0.500. The Balaban J connectivity index is 4.58. The number of nitrogens with two attached hydrogens (primary N) is 1. The van der Waals surface area contributed by atoms with E-state index in [4.69, 9.17) is 5.26 Å². The predicted molar refractivity (Wildman–Crippen MR) is 52.0 cm³/mol. The summed E-state index contributed by atoms with van der Waals surface area (Å²) in [6.07, 6.45) is -1.06. The standard InChI is InChI=1S/C7H9N5O5/c1-12(16-2)7(15)17-11-4(3-8)5(13)10-6(9)14/h1-2H3,(H3,9,10,13,14). The van der Waals surface area contributed by atoms with Crippen molar-refractivity contribution >= 4 is 23.7 Å². The van der Waals surface area contributed by atoms with Crippen molar-refractivity contribution in [2.45, 2.75) is 0 Å². The van der Waals surface area contributed by atoms with Crippen molar-refractivity contribution in [3.63, 3.8) is 0 Å². The number of urea groups is 1. The second-order valence-electron chi connectivity index (χ2n) is 2.41. The zero-order valence-corrected chi connectivity index (χ0v) is 8.96. The second kappa shape index (κ2) is 6.75. The number of primary amides is 1. The quantitative estimate of drug-likeness (QED) is 0.357. The first-order valence-corrected chi connectivity index (χ1v) is 4.00. The largest absolute Gasteiger partial charge is 0.459 e. The normalized spacial score (nSPS) is 10.1. The first kappa shape index (κ1) is 14.3. The van der Waals surface area contributed by atoms with Crippen LogP contribution in [0.1, 0.15) is 0 Å². The van der Waals surface area contributed by atoms with Gasteiger partial charge >= 0.3 is 12.1 Å². The van der Waals surface area contributed by atoms with Gasteiger partial charge in [-0.3, -0.25) is 19.8 Å². The molecule has 0 rings (SSSR count). The smallest absolute Gasteiger partial charge is 0.351 e. The molecule has 0 aromatic carbocycles. The maximum Gasteiger partial charge on any atom is 0.459 e. The van der Waals surface area contributed by atoms with Gasteiger partial charge in [-0.25, -0.2) is 9.59 Å². The number of nitrogens with zero attached hydrogens (tertiary/aromatic N) is 3. The lowest BCUT2D eigenvalue weighted by Crippen LogP contribution is -2.39. The maximum absolute atomic E-state index is 11.0. The van der Waals surface area contributed by atoms with Crippen LogP contribution in [0.3, 0.4) is 0 Å². The molecule has 0 unspecified atom stereocenters. The fourth-order valence-corrected chi connectivity index (χ4v) is 0.500. The number of carbonyl (C=O) groups is 3. The van der Waals surface area contributed by atoms with Crippen molar-refractivity contribution in [1.82, 2.24) is 10.4 Å². The van der Waals surface area contributed by atoms with Gasteiger partial charge in [0.15, 0.2) is 0 Å². The number of imide groups is 1. The molecule has 17 heavy (non-hydrogen) atoms. The molecule has 0 saturated heterocycles. The van der Waals surface area contributed by atoms with Crippen LogP contribution < -0.4 is 11.1 Å². The number of hydrogen-bond donors (Lipinski definition) is 2. The SMILES string of the molecule is CON(C)C(=O)ON=C(C#N)C(=O)NC(N)=O. The first-order valence-electron chi connectivity index (χ1n) is 4.00. The van der Waals surface area contributed by atoms with Crippen LogP contribution in [0.25, 0.3) is 0 Å². The number of oxime groups is 1. The van der Waals surface area contributed by atoms with E-state index in [0.29, 0.717) is 5.06 Å². The molecule has 3 N–H and O–H groups in total. The van der Waals surface area contributed by atoms with Gasteiger partial charge in [0.1, 0.15) is 6.07 Å². The summed E-state index contributed by atoms with van der Waals surface area (Å²) in [4.78, 5) is 40.9. The molecule has 0 aromatic heterocycles. The van der Waals surface area contributed by atoms with Crippen molar-refractivity contribution in [2.24, 2.45) is 10.9 Å². The highest BCUT2D eigenvalue weighted by Crippen LogP contribution is 1.91. The number of hydrogen-bond acceptors (Lipinski definition) is 7. The van der Waals surface area contributed by atoms with Crippen LogP contribution in [-0.4, -0.2) is 43.0 Å². The third kappa shape index (κ3) is 5.09. The minimum Gasteiger partial charge on any atom is -0.351 e. The zero-order valence-electron chi connectivity index (χ0n) is 8.96. The van der Waals surface area contributed by atoms with Gasteiger partial charge in [-0.15, -0.1) is 0 Å². The predicted octanol–water partition coefficient (Wildman–Crippen LogP) is -1.31. The Labute approximate surface area is 95.5 Å². The summed E-state index contributed by atoms with van der Waals surface area (Å²) in [5, 5.41) is 13.6. The number of carbonyl (C=O) groups excluding carboxylic acids is 3. The van der Waals surface area contributed by atoms with Crippen LogP contribution in [0.15, 0.2) is 5.16 Å². The molecule has 0 aliphatic heterocycles. The Morgan fingerprint density at radius 3 is 2.47 bits per heavy atom. The number of nitrogens with one attached hydrogen (secondary N) is 1. The Kier molecular flexibility index (Phi) is 5.69. The molecule has 0 aromatic rings. The molecule has 0 fully saturated rings. The summed E-state index contributed by atoms with van der Waals surface area (Å²) in [6.45, 7) is 0. The zero-order chi connectivity index (χ0) is 13.4. The Morgan fingerprint density at radius 1 is 1.47 bits per heavy atom. The molecule has 92 valence electrons. The second-order valence-corrected chi connectivity index (χ2v) is 2.41. The van der Waals surface area contributed by atoms with Crippen LogP contribution in [0.4, 0.5) is 9.59 Å². The molecule has 0 heterocycles. The van der Waals surface area contributed by atoms with Gasteiger partial charge in [-0.1, -0.05) is 5.16 Å². The van der Waals surface area contributed by atoms with Gasteiger partial charge in [0.05, 0.1) is 7.11 Å². The fraction of sp³-hybridized carbons (Fsp3) is 0.286. The van der Waals surface area contributed by atoms with Crippen molar-refractivity contribution in [2.75, 3.05) is 14.2 Å². The molecular weight excluding hydrogens is 234 g/mol. The lowest BCUT2D eigenvalue weighted by atomic mass is 10.4. The van der Waals surface area contributed by atoms with Crippen LogP contribution >= 0.6 is 0 Å². The van der Waals surface area contributed by atoms with E-state index in [2.05, 4.69) is 20.6 Å². The number of hydroxylamine groups is 2. The maximum atomic E-state index is 11.0. The minimum atomic E-state index is -1.19. The van der Waals surface area contributed by atoms with Gasteiger partial charge in [-0.2, -0.15) is 10.3 Å². The van der Waals surface area contributed by atoms with Gasteiger partial charge in [0.25, 0.3) is 5.91 Å². The van der Waals surface area contributed by atoms with E-state index >= 15 is 0 Å². The summed E-state index contributed by atoms with van der Waals surface area (Å²) in [5.74, 6) is -1.19. The molecule has 0 aliphatic carbocycles. The first-order chi connectivity index (χ1) is 7.92. The minimum absolute atomic E-state index is 0.657. The molecule has 0 atom stereocenters.